The van der Waals surface area contributed by atoms with E-state index in [9.17, 15) is 9.18 Å². The summed E-state index contributed by atoms with van der Waals surface area (Å²) in [5.41, 5.74) is 0.588. The van der Waals surface area contributed by atoms with E-state index in [0.717, 1.165) is 12.3 Å². The van der Waals surface area contributed by atoms with E-state index in [-0.39, 0.29) is 5.56 Å². The minimum absolute atomic E-state index is 0.114. The number of halogens is 1. The second kappa shape index (κ2) is 5.96. The summed E-state index contributed by atoms with van der Waals surface area (Å²) in [4.78, 5) is 19.8. The van der Waals surface area contributed by atoms with Crippen LogP contribution in [0.5, 0.6) is 5.88 Å². The first-order chi connectivity index (χ1) is 9.63. The number of pyridine rings is 2. The van der Waals surface area contributed by atoms with Crippen molar-refractivity contribution in [3.8, 4) is 5.88 Å². The molecule has 104 valence electrons. The van der Waals surface area contributed by atoms with Crippen molar-refractivity contribution in [3.05, 3.63) is 42.0 Å². The molecule has 0 fully saturated rings. The molecule has 0 aliphatic carbocycles. The van der Waals surface area contributed by atoms with E-state index in [2.05, 4.69) is 20.6 Å². The number of carbonyl (C=O) groups excluding carboxylic acids is 1. The van der Waals surface area contributed by atoms with Gasteiger partial charge in [0.25, 0.3) is 5.91 Å². The molecule has 6 nitrogen and oxygen atoms in total. The number of rotatable bonds is 4. The lowest BCUT2D eigenvalue weighted by molar-refractivity contribution is 0.102. The molecule has 0 saturated heterocycles. The molecule has 0 unspecified atom stereocenters. The molecule has 0 bridgehead atoms. The van der Waals surface area contributed by atoms with E-state index in [1.165, 1.54) is 13.3 Å². The Kier molecular flexibility index (Phi) is 4.09. The summed E-state index contributed by atoms with van der Waals surface area (Å²) in [7, 11) is 3.10. The highest BCUT2D eigenvalue weighted by molar-refractivity contribution is 6.07. The Morgan fingerprint density at radius 1 is 1.30 bits per heavy atom. The van der Waals surface area contributed by atoms with Crippen LogP contribution in [0.4, 0.5) is 15.9 Å². The summed E-state index contributed by atoms with van der Waals surface area (Å²) in [5.74, 6) is -0.327. The van der Waals surface area contributed by atoms with Gasteiger partial charge in [0.05, 0.1) is 30.8 Å². The van der Waals surface area contributed by atoms with Crippen molar-refractivity contribution in [2.45, 2.75) is 0 Å². The second-order valence-corrected chi connectivity index (χ2v) is 3.84. The van der Waals surface area contributed by atoms with Gasteiger partial charge in [-0.2, -0.15) is 0 Å². The molecule has 7 heteroatoms. The first kappa shape index (κ1) is 13.7. The smallest absolute Gasteiger partial charge is 0.259 e. The number of aromatic nitrogens is 2. The molecule has 0 spiro atoms. The highest BCUT2D eigenvalue weighted by Crippen LogP contribution is 2.16. The zero-order valence-corrected chi connectivity index (χ0v) is 11.0. The molecule has 2 heterocycles. The second-order valence-electron chi connectivity index (χ2n) is 3.84. The first-order valence-corrected chi connectivity index (χ1v) is 5.78. The molecule has 0 aliphatic rings. The molecule has 0 aromatic carbocycles. The summed E-state index contributed by atoms with van der Waals surface area (Å²) >= 11 is 0. The SMILES string of the molecule is CNc1ncc(F)cc1C(=O)Nc1ccc(OC)nc1. The number of nitrogens with zero attached hydrogens (tertiary/aromatic N) is 2. The number of amides is 1. The van der Waals surface area contributed by atoms with E-state index in [1.54, 1.807) is 19.2 Å². The van der Waals surface area contributed by atoms with Gasteiger partial charge in [0.2, 0.25) is 5.88 Å². The maximum absolute atomic E-state index is 13.2. The van der Waals surface area contributed by atoms with Gasteiger partial charge in [-0.3, -0.25) is 4.79 Å². The van der Waals surface area contributed by atoms with Crippen LogP contribution in [0.25, 0.3) is 0 Å². The van der Waals surface area contributed by atoms with Gasteiger partial charge in [0.1, 0.15) is 11.6 Å². The van der Waals surface area contributed by atoms with Gasteiger partial charge >= 0.3 is 0 Å². The average Bonchev–Trinajstić information content (AvgIpc) is 2.48. The minimum Gasteiger partial charge on any atom is -0.481 e. The lowest BCUT2D eigenvalue weighted by Crippen LogP contribution is -2.15. The number of nitrogens with one attached hydrogen (secondary N) is 2. The van der Waals surface area contributed by atoms with E-state index in [0.29, 0.717) is 17.4 Å². The Balaban J connectivity index is 2.20. The molecule has 2 rings (SSSR count). The number of hydrogen-bond donors (Lipinski definition) is 2. The predicted octanol–water partition coefficient (Wildman–Crippen LogP) is 1.92. The maximum Gasteiger partial charge on any atom is 0.259 e. The fraction of sp³-hybridized carbons (Fsp3) is 0.154. The summed E-state index contributed by atoms with van der Waals surface area (Å²) in [6.07, 6.45) is 2.49. The van der Waals surface area contributed by atoms with Gasteiger partial charge in [-0.15, -0.1) is 0 Å². The first-order valence-electron chi connectivity index (χ1n) is 5.78. The lowest BCUT2D eigenvalue weighted by Gasteiger charge is -2.09. The van der Waals surface area contributed by atoms with Crippen molar-refractivity contribution >= 4 is 17.4 Å². The molecule has 1 amide bonds. The molecule has 2 aromatic rings. The molecule has 0 atom stereocenters. The van der Waals surface area contributed by atoms with Crippen molar-refractivity contribution in [3.63, 3.8) is 0 Å². The topological polar surface area (TPSA) is 76.1 Å². The van der Waals surface area contributed by atoms with Gasteiger partial charge in [0.15, 0.2) is 0 Å². The maximum atomic E-state index is 13.2. The Hall–Kier alpha value is -2.70. The predicted molar refractivity (Wildman–Crippen MR) is 72.5 cm³/mol. The normalized spacial score (nSPS) is 9.95. The number of methoxy groups -OCH3 is 1. The van der Waals surface area contributed by atoms with Crippen LogP contribution < -0.4 is 15.4 Å². The van der Waals surface area contributed by atoms with Crippen molar-refractivity contribution in [1.82, 2.24) is 9.97 Å². The number of anilines is 2. The van der Waals surface area contributed by atoms with Crippen molar-refractivity contribution in [2.24, 2.45) is 0 Å². The molecule has 0 aliphatic heterocycles. The third-order valence-electron chi connectivity index (χ3n) is 2.54. The van der Waals surface area contributed by atoms with Crippen LogP contribution in [0.2, 0.25) is 0 Å². The van der Waals surface area contributed by atoms with Gasteiger partial charge in [0, 0.05) is 13.1 Å². The zero-order chi connectivity index (χ0) is 14.5. The quantitative estimate of drug-likeness (QED) is 0.892. The Labute approximate surface area is 115 Å². The highest BCUT2D eigenvalue weighted by atomic mass is 19.1. The van der Waals surface area contributed by atoms with Crippen molar-refractivity contribution in [1.29, 1.82) is 0 Å². The molecule has 0 saturated carbocycles. The van der Waals surface area contributed by atoms with Crippen LogP contribution in [-0.4, -0.2) is 30.0 Å². The molecule has 2 N–H and O–H groups in total. The number of carbonyl (C=O) groups is 1. The lowest BCUT2D eigenvalue weighted by atomic mass is 10.2. The summed E-state index contributed by atoms with van der Waals surface area (Å²) in [5, 5.41) is 5.34. The zero-order valence-electron chi connectivity index (χ0n) is 11.0. The van der Waals surface area contributed by atoms with Gasteiger partial charge < -0.3 is 15.4 Å². The van der Waals surface area contributed by atoms with Crippen LogP contribution in [0, 0.1) is 5.82 Å². The van der Waals surface area contributed by atoms with E-state index < -0.39 is 11.7 Å². The van der Waals surface area contributed by atoms with Crippen LogP contribution in [0.3, 0.4) is 0 Å². The fourth-order valence-electron chi connectivity index (χ4n) is 1.58. The van der Waals surface area contributed by atoms with Crippen LogP contribution >= 0.6 is 0 Å². The van der Waals surface area contributed by atoms with E-state index in [4.69, 9.17) is 4.74 Å². The minimum atomic E-state index is -0.581. The molecular weight excluding hydrogens is 263 g/mol. The van der Waals surface area contributed by atoms with E-state index >= 15 is 0 Å². The van der Waals surface area contributed by atoms with Crippen LogP contribution in [0.15, 0.2) is 30.6 Å². The van der Waals surface area contributed by atoms with Gasteiger partial charge in [-0.05, 0) is 12.1 Å². The Morgan fingerprint density at radius 2 is 2.10 bits per heavy atom. The summed E-state index contributed by atoms with van der Waals surface area (Å²) in [6, 6.07) is 4.36. The molecule has 0 radical (unpaired) electrons. The molecule has 2 aromatic heterocycles. The standard InChI is InChI=1S/C13H13FN4O2/c1-15-12-10(5-8(14)6-17-12)13(19)18-9-3-4-11(20-2)16-7-9/h3-7H,1-2H3,(H,15,17)(H,18,19). The third-order valence-corrected chi connectivity index (χ3v) is 2.54. The summed E-state index contributed by atoms with van der Waals surface area (Å²) < 4.78 is 18.1. The molecule has 20 heavy (non-hydrogen) atoms. The third kappa shape index (κ3) is 3.00. The fourth-order valence-corrected chi connectivity index (χ4v) is 1.58. The van der Waals surface area contributed by atoms with E-state index in [1.807, 2.05) is 0 Å². The van der Waals surface area contributed by atoms with Gasteiger partial charge in [-0.25, -0.2) is 14.4 Å². The molecular formula is C13H13FN4O2. The average molecular weight is 276 g/mol. The highest BCUT2D eigenvalue weighted by Gasteiger charge is 2.13. The Bertz CT molecular complexity index is 616. The Morgan fingerprint density at radius 3 is 2.70 bits per heavy atom. The van der Waals surface area contributed by atoms with Crippen LogP contribution in [-0.2, 0) is 0 Å². The summed E-state index contributed by atoms with van der Waals surface area (Å²) in [6.45, 7) is 0. The largest absolute Gasteiger partial charge is 0.481 e. The number of ether oxygens (including phenoxy) is 1. The van der Waals surface area contributed by atoms with Gasteiger partial charge in [-0.1, -0.05) is 0 Å². The number of hydrogen-bond acceptors (Lipinski definition) is 5. The van der Waals surface area contributed by atoms with Crippen molar-refractivity contribution < 1.29 is 13.9 Å². The monoisotopic (exact) mass is 276 g/mol. The van der Waals surface area contributed by atoms with Crippen molar-refractivity contribution in [2.75, 3.05) is 24.8 Å². The van der Waals surface area contributed by atoms with Crippen LogP contribution in [0.1, 0.15) is 10.4 Å².